The predicted octanol–water partition coefficient (Wildman–Crippen LogP) is -1.19. The Hall–Kier alpha value is 2.48. The Labute approximate surface area is 80.5 Å². The third-order valence-corrected chi connectivity index (χ3v) is 0. The van der Waals surface area contributed by atoms with Gasteiger partial charge in [-0.2, -0.15) is 13.5 Å². The zero-order chi connectivity index (χ0) is 0. The topological polar surface area (TPSA) is 0 Å². The van der Waals surface area contributed by atoms with Crippen LogP contribution in [-0.2, 0) is 13.5 Å². The number of hydrogen-bond donors (Lipinski definition) is 0. The molecule has 0 saturated heterocycles. The van der Waals surface area contributed by atoms with Crippen molar-refractivity contribution in [2.24, 2.45) is 0 Å². The van der Waals surface area contributed by atoms with Crippen molar-refractivity contribution >= 4 is 81.8 Å². The second-order valence-electron chi connectivity index (χ2n) is 0. The molecule has 0 unspecified atom stereocenters. The minimum atomic E-state index is 0. The summed E-state index contributed by atoms with van der Waals surface area (Å²) in [4.78, 5) is 0. The monoisotopic (exact) mass is 188 g/mol. The molecule has 0 aliphatic carbocycles. The van der Waals surface area contributed by atoms with Crippen molar-refractivity contribution in [2.75, 3.05) is 0 Å². The second kappa shape index (κ2) is 17.9. The summed E-state index contributed by atoms with van der Waals surface area (Å²) in [5.74, 6) is 0. The van der Waals surface area contributed by atoms with Gasteiger partial charge >= 0.3 is 54.8 Å². The van der Waals surface area contributed by atoms with E-state index in [0.717, 1.165) is 0 Å². The molecule has 24 valence electrons. The minimum absolute atomic E-state index is 0. The fraction of sp³-hybridized carbons (Fsp3) is 0. The Morgan fingerprint density at radius 2 is 1.00 bits per heavy atom. The van der Waals surface area contributed by atoms with Gasteiger partial charge in [-0.25, -0.2) is 0 Å². The fourth-order valence-electron chi connectivity index (χ4n) is 0. The van der Waals surface area contributed by atoms with E-state index in [1.807, 2.05) is 0 Å². The molecule has 4 heteroatoms. The van der Waals surface area contributed by atoms with Crippen molar-refractivity contribution in [3.05, 3.63) is 0 Å². The predicted molar refractivity (Wildman–Crippen MR) is 32.0 cm³/mol. The summed E-state index contributed by atoms with van der Waals surface area (Å²) in [5.41, 5.74) is 0. The summed E-state index contributed by atoms with van der Waals surface area (Å²) in [6.45, 7) is 0. The molecule has 0 aliphatic rings. The van der Waals surface area contributed by atoms with Crippen LogP contribution >= 0.6 is 13.5 Å². The van der Waals surface area contributed by atoms with Crippen molar-refractivity contribution in [3.63, 3.8) is 0 Å². The summed E-state index contributed by atoms with van der Waals surface area (Å²) in [5, 5.41) is 0. The van der Waals surface area contributed by atoms with Gasteiger partial charge in [-0.15, -0.1) is 0 Å². The average molecular weight is 187 g/mol. The third kappa shape index (κ3) is 8.82. The van der Waals surface area contributed by atoms with E-state index in [9.17, 15) is 0 Å². The number of rotatable bonds is 0. The Bertz CT molecular complexity index is 6.00. The van der Waals surface area contributed by atoms with Crippen LogP contribution in [0, 0.1) is 0 Å². The van der Waals surface area contributed by atoms with Crippen LogP contribution in [0.1, 0.15) is 0 Å². The molecular formula is H4CaS2Se. The van der Waals surface area contributed by atoms with Gasteiger partial charge in [-0.05, 0) is 0 Å². The van der Waals surface area contributed by atoms with Gasteiger partial charge in [-0.1, -0.05) is 0 Å². The van der Waals surface area contributed by atoms with E-state index >= 15 is 0 Å². The van der Waals surface area contributed by atoms with Crippen LogP contribution in [0.15, 0.2) is 0 Å². The average Bonchev–Trinajstić information content (AvgIpc) is 0. The Morgan fingerprint density at radius 3 is 1.00 bits per heavy atom. The molecule has 0 N–H and O–H groups in total. The van der Waals surface area contributed by atoms with E-state index in [4.69, 9.17) is 0 Å². The van der Waals surface area contributed by atoms with E-state index in [1.165, 1.54) is 0 Å². The maximum absolute atomic E-state index is 0. The molecule has 0 aliphatic heterocycles. The van der Waals surface area contributed by atoms with Crippen LogP contribution in [0.2, 0.25) is 0 Å². The number of hydrogen-bond acceptors (Lipinski definition) is 0. The standard InChI is InChI=1S/Ca.H2S.S.H2Se/h;1H2;;1H2/q+2;;-2;. The second-order valence-corrected chi connectivity index (χ2v) is 0. The quantitative estimate of drug-likeness (QED) is 0.418. The van der Waals surface area contributed by atoms with Gasteiger partial charge in [0.15, 0.2) is 0 Å². The first-order valence-corrected chi connectivity index (χ1v) is 0. The molecule has 0 nitrogen and oxygen atoms in total. The SMILES string of the molecule is S.[Ca+2].[S-2].[SeH2]. The van der Waals surface area contributed by atoms with Gasteiger partial charge in [0.05, 0.1) is 0 Å². The maximum atomic E-state index is 0. The molecule has 0 rings (SSSR count). The van der Waals surface area contributed by atoms with Gasteiger partial charge in [0.25, 0.3) is 0 Å². The van der Waals surface area contributed by atoms with E-state index in [-0.39, 0.29) is 81.8 Å². The molecular weight excluding hydrogens is 183 g/mol. The third-order valence-electron chi connectivity index (χ3n) is 0. The van der Waals surface area contributed by atoms with E-state index in [2.05, 4.69) is 0 Å². The molecule has 0 aromatic carbocycles. The first-order chi connectivity index (χ1) is 0. The molecule has 0 spiro atoms. The van der Waals surface area contributed by atoms with Crippen molar-refractivity contribution in [2.45, 2.75) is 0 Å². The van der Waals surface area contributed by atoms with Crippen molar-refractivity contribution in [1.29, 1.82) is 0 Å². The van der Waals surface area contributed by atoms with Crippen LogP contribution in [0.25, 0.3) is 0 Å². The van der Waals surface area contributed by atoms with Crippen LogP contribution in [0.3, 0.4) is 0 Å². The van der Waals surface area contributed by atoms with Crippen molar-refractivity contribution < 1.29 is 0 Å². The molecule has 4 heavy (non-hydrogen) atoms. The summed E-state index contributed by atoms with van der Waals surface area (Å²) >= 11 is 0. The molecule has 0 fully saturated rings. The molecule has 0 aromatic rings. The normalized spacial score (nSPS) is 0. The molecule has 0 aromatic heterocycles. The van der Waals surface area contributed by atoms with E-state index in [0.29, 0.717) is 0 Å². The molecule has 0 heterocycles. The van der Waals surface area contributed by atoms with Gasteiger partial charge in [0, 0.05) is 0 Å². The molecule has 0 saturated carbocycles. The Morgan fingerprint density at radius 1 is 1.00 bits per heavy atom. The van der Waals surface area contributed by atoms with Crippen LogP contribution in [0.4, 0.5) is 0 Å². The van der Waals surface area contributed by atoms with Crippen molar-refractivity contribution in [3.8, 4) is 0 Å². The van der Waals surface area contributed by atoms with Gasteiger partial charge in [0.2, 0.25) is 0 Å². The van der Waals surface area contributed by atoms with Gasteiger partial charge in [0.1, 0.15) is 0 Å². The van der Waals surface area contributed by atoms with Gasteiger partial charge < -0.3 is 13.5 Å². The first-order valence-electron chi connectivity index (χ1n) is 0. The Kier molecular flexibility index (Phi) is 142. The van der Waals surface area contributed by atoms with Gasteiger partial charge in [-0.3, -0.25) is 0 Å². The summed E-state index contributed by atoms with van der Waals surface area (Å²) < 4.78 is 0. The molecule has 0 radical (unpaired) electrons. The molecule has 0 bridgehead atoms. The van der Waals surface area contributed by atoms with Crippen LogP contribution in [0.5, 0.6) is 0 Å². The Balaban J connectivity index is 0. The zero-order valence-electron chi connectivity index (χ0n) is 2.12. The first kappa shape index (κ1) is 31.6. The summed E-state index contributed by atoms with van der Waals surface area (Å²) in [7, 11) is 0. The fourth-order valence-corrected chi connectivity index (χ4v) is 0. The summed E-state index contributed by atoms with van der Waals surface area (Å²) in [6, 6.07) is 0. The van der Waals surface area contributed by atoms with Crippen LogP contribution < -0.4 is 0 Å². The van der Waals surface area contributed by atoms with E-state index in [1.54, 1.807) is 0 Å². The van der Waals surface area contributed by atoms with Crippen molar-refractivity contribution in [1.82, 2.24) is 0 Å². The molecule has 0 atom stereocenters. The van der Waals surface area contributed by atoms with Crippen LogP contribution in [-0.4, -0.2) is 54.8 Å². The zero-order valence-corrected chi connectivity index (χ0v) is 8.24. The van der Waals surface area contributed by atoms with E-state index < -0.39 is 0 Å². The molecule has 0 amide bonds. The summed E-state index contributed by atoms with van der Waals surface area (Å²) in [6.07, 6.45) is 0.